The molecular weight excluding hydrogens is 349 g/mol. The SMILES string of the molecule is Fc1ccc(COc2ccc(Cl)cc2CNCCC2=CCCCC2)cc1. The summed E-state index contributed by atoms with van der Waals surface area (Å²) in [5.41, 5.74) is 3.55. The molecule has 0 spiro atoms. The number of nitrogens with one attached hydrogen (secondary N) is 1. The number of hydrogen-bond acceptors (Lipinski definition) is 2. The van der Waals surface area contributed by atoms with Crippen molar-refractivity contribution in [1.29, 1.82) is 0 Å². The van der Waals surface area contributed by atoms with E-state index >= 15 is 0 Å². The van der Waals surface area contributed by atoms with Gasteiger partial charge in [-0.2, -0.15) is 0 Å². The van der Waals surface area contributed by atoms with E-state index in [1.165, 1.54) is 37.8 Å². The Morgan fingerprint density at radius 2 is 1.92 bits per heavy atom. The average Bonchev–Trinajstić information content (AvgIpc) is 2.67. The molecule has 0 amide bonds. The molecule has 0 fully saturated rings. The lowest BCUT2D eigenvalue weighted by molar-refractivity contribution is 0.302. The lowest BCUT2D eigenvalue weighted by Gasteiger charge is -2.15. The molecule has 0 aromatic heterocycles. The van der Waals surface area contributed by atoms with Gasteiger partial charge in [0.1, 0.15) is 18.2 Å². The van der Waals surface area contributed by atoms with Crippen LogP contribution < -0.4 is 10.1 Å². The molecule has 1 aliphatic carbocycles. The molecule has 0 aliphatic heterocycles. The Hall–Kier alpha value is -1.84. The summed E-state index contributed by atoms with van der Waals surface area (Å²) in [6.07, 6.45) is 8.61. The third-order valence-electron chi connectivity index (χ3n) is 4.65. The van der Waals surface area contributed by atoms with Crippen molar-refractivity contribution in [3.05, 3.63) is 76.1 Å². The first-order valence-corrected chi connectivity index (χ1v) is 9.63. The fraction of sp³-hybridized carbons (Fsp3) is 0.364. The lowest BCUT2D eigenvalue weighted by Crippen LogP contribution is -2.16. The second-order valence-corrected chi connectivity index (χ2v) is 7.14. The van der Waals surface area contributed by atoms with Gasteiger partial charge in [-0.05, 0) is 74.5 Å². The highest BCUT2D eigenvalue weighted by molar-refractivity contribution is 6.30. The summed E-state index contributed by atoms with van der Waals surface area (Å²) >= 11 is 6.15. The van der Waals surface area contributed by atoms with E-state index in [9.17, 15) is 4.39 Å². The molecule has 0 atom stereocenters. The number of rotatable bonds is 8. The van der Waals surface area contributed by atoms with Crippen LogP contribution in [0.3, 0.4) is 0 Å². The molecule has 1 N–H and O–H groups in total. The normalized spacial score (nSPS) is 14.2. The van der Waals surface area contributed by atoms with Gasteiger partial charge < -0.3 is 10.1 Å². The molecule has 138 valence electrons. The molecule has 0 unspecified atom stereocenters. The van der Waals surface area contributed by atoms with Crippen molar-refractivity contribution in [2.24, 2.45) is 0 Å². The standard InChI is InChI=1S/C22H25ClFNO/c23-20-8-11-22(26-16-18-6-9-21(24)10-7-18)19(14-20)15-25-13-12-17-4-2-1-3-5-17/h4,6-11,14,25H,1-3,5,12-13,15-16H2. The van der Waals surface area contributed by atoms with E-state index in [1.54, 1.807) is 17.7 Å². The summed E-state index contributed by atoms with van der Waals surface area (Å²) in [5.74, 6) is 0.571. The first kappa shape index (κ1) is 18.9. The third kappa shape index (κ3) is 5.86. The van der Waals surface area contributed by atoms with Crippen molar-refractivity contribution in [3.8, 4) is 5.75 Å². The number of allylic oxidation sites excluding steroid dienone is 1. The summed E-state index contributed by atoms with van der Waals surface area (Å²) in [6.45, 7) is 2.07. The average molecular weight is 374 g/mol. The van der Waals surface area contributed by atoms with Gasteiger partial charge in [-0.15, -0.1) is 0 Å². The Balaban J connectivity index is 1.53. The molecule has 2 aromatic carbocycles. The second kappa shape index (κ2) is 9.75. The van der Waals surface area contributed by atoms with Gasteiger partial charge in [0, 0.05) is 17.1 Å². The van der Waals surface area contributed by atoms with E-state index in [0.29, 0.717) is 18.2 Å². The predicted octanol–water partition coefficient (Wildman–Crippen LogP) is 6.04. The maximum Gasteiger partial charge on any atom is 0.124 e. The van der Waals surface area contributed by atoms with Gasteiger partial charge >= 0.3 is 0 Å². The van der Waals surface area contributed by atoms with Crippen LogP contribution in [0.25, 0.3) is 0 Å². The van der Waals surface area contributed by atoms with Crippen LogP contribution in [0, 0.1) is 5.82 Å². The van der Waals surface area contributed by atoms with E-state index in [2.05, 4.69) is 11.4 Å². The van der Waals surface area contributed by atoms with E-state index in [-0.39, 0.29) is 5.82 Å². The molecule has 0 bridgehead atoms. The van der Waals surface area contributed by atoms with Crippen molar-refractivity contribution >= 4 is 11.6 Å². The van der Waals surface area contributed by atoms with Crippen LogP contribution >= 0.6 is 11.6 Å². The minimum absolute atomic E-state index is 0.238. The van der Waals surface area contributed by atoms with Crippen LogP contribution in [0.1, 0.15) is 43.2 Å². The molecule has 2 aromatic rings. The van der Waals surface area contributed by atoms with Crippen molar-refractivity contribution in [2.45, 2.75) is 45.3 Å². The Labute approximate surface area is 160 Å². The quantitative estimate of drug-likeness (QED) is 0.450. The largest absolute Gasteiger partial charge is 0.489 e. The van der Waals surface area contributed by atoms with E-state index in [0.717, 1.165) is 29.8 Å². The molecule has 2 nitrogen and oxygen atoms in total. The summed E-state index contributed by atoms with van der Waals surface area (Å²) in [5, 5.41) is 4.19. The Morgan fingerprint density at radius 1 is 1.08 bits per heavy atom. The maximum atomic E-state index is 13.0. The van der Waals surface area contributed by atoms with Gasteiger partial charge in [-0.25, -0.2) is 4.39 Å². The number of hydrogen-bond donors (Lipinski definition) is 1. The molecule has 0 saturated carbocycles. The zero-order chi connectivity index (χ0) is 18.2. The van der Waals surface area contributed by atoms with Crippen molar-refractivity contribution in [3.63, 3.8) is 0 Å². The zero-order valence-corrected chi connectivity index (χ0v) is 15.7. The van der Waals surface area contributed by atoms with Crippen LogP contribution in [0.4, 0.5) is 4.39 Å². The maximum absolute atomic E-state index is 13.0. The highest BCUT2D eigenvalue weighted by Crippen LogP contribution is 2.24. The second-order valence-electron chi connectivity index (χ2n) is 6.70. The minimum Gasteiger partial charge on any atom is -0.489 e. The van der Waals surface area contributed by atoms with Crippen LogP contribution in [0.2, 0.25) is 5.02 Å². The summed E-state index contributed by atoms with van der Waals surface area (Å²) in [7, 11) is 0. The van der Waals surface area contributed by atoms with Crippen molar-refractivity contribution < 1.29 is 9.13 Å². The fourth-order valence-corrected chi connectivity index (χ4v) is 3.37. The van der Waals surface area contributed by atoms with Crippen LogP contribution in [-0.4, -0.2) is 6.54 Å². The van der Waals surface area contributed by atoms with Gasteiger partial charge in [0.05, 0.1) is 0 Å². The summed E-state index contributed by atoms with van der Waals surface area (Å²) in [4.78, 5) is 0. The topological polar surface area (TPSA) is 21.3 Å². The summed E-state index contributed by atoms with van der Waals surface area (Å²) < 4.78 is 18.9. The molecule has 3 rings (SSSR count). The highest BCUT2D eigenvalue weighted by Gasteiger charge is 2.07. The highest BCUT2D eigenvalue weighted by atomic mass is 35.5. The third-order valence-corrected chi connectivity index (χ3v) is 4.89. The molecule has 0 heterocycles. The zero-order valence-electron chi connectivity index (χ0n) is 14.9. The smallest absolute Gasteiger partial charge is 0.124 e. The molecule has 26 heavy (non-hydrogen) atoms. The van der Waals surface area contributed by atoms with Gasteiger partial charge in [0.15, 0.2) is 0 Å². The van der Waals surface area contributed by atoms with Gasteiger partial charge in [0.2, 0.25) is 0 Å². The number of halogens is 2. The van der Waals surface area contributed by atoms with E-state index < -0.39 is 0 Å². The first-order chi connectivity index (χ1) is 12.7. The van der Waals surface area contributed by atoms with Gasteiger partial charge in [-0.1, -0.05) is 35.4 Å². The molecular formula is C22H25ClFNO. The van der Waals surface area contributed by atoms with Crippen molar-refractivity contribution in [1.82, 2.24) is 5.32 Å². The Bertz CT molecular complexity index is 742. The summed E-state index contributed by atoms with van der Waals surface area (Å²) in [6, 6.07) is 12.0. The monoisotopic (exact) mass is 373 g/mol. The van der Waals surface area contributed by atoms with Gasteiger partial charge in [-0.3, -0.25) is 0 Å². The number of ether oxygens (including phenoxy) is 1. The molecule has 0 radical (unpaired) electrons. The van der Waals surface area contributed by atoms with E-state index in [1.807, 2.05) is 18.2 Å². The molecule has 0 saturated heterocycles. The van der Waals surface area contributed by atoms with Crippen LogP contribution in [0.5, 0.6) is 5.75 Å². The lowest BCUT2D eigenvalue weighted by atomic mass is 9.97. The van der Waals surface area contributed by atoms with Crippen LogP contribution in [-0.2, 0) is 13.2 Å². The molecule has 4 heteroatoms. The Morgan fingerprint density at radius 3 is 2.69 bits per heavy atom. The van der Waals surface area contributed by atoms with Gasteiger partial charge in [0.25, 0.3) is 0 Å². The fourth-order valence-electron chi connectivity index (χ4n) is 3.17. The Kier molecular flexibility index (Phi) is 7.10. The number of benzene rings is 2. The van der Waals surface area contributed by atoms with Crippen LogP contribution in [0.15, 0.2) is 54.1 Å². The first-order valence-electron chi connectivity index (χ1n) is 9.25. The van der Waals surface area contributed by atoms with Crippen molar-refractivity contribution in [2.75, 3.05) is 6.54 Å². The predicted molar refractivity (Wildman–Crippen MR) is 105 cm³/mol. The minimum atomic E-state index is -0.238. The molecule has 1 aliphatic rings. The van der Waals surface area contributed by atoms with E-state index in [4.69, 9.17) is 16.3 Å².